The van der Waals surface area contributed by atoms with Gasteiger partial charge in [-0.25, -0.2) is 18.7 Å². The lowest BCUT2D eigenvalue weighted by Gasteiger charge is -2.21. The molecule has 1 unspecified atom stereocenters. The Labute approximate surface area is 338 Å². The number of halogens is 8. The highest BCUT2D eigenvalue weighted by Gasteiger charge is 2.68. The molecule has 2 aliphatic rings. The molecule has 0 radical (unpaired) electrons. The summed E-state index contributed by atoms with van der Waals surface area (Å²) in [6.07, 6.45) is -1.20. The second-order valence-corrected chi connectivity index (χ2v) is 18.3. The molecular weight excluding hydrogens is 823 g/mol. The maximum absolute atomic E-state index is 15.5. The van der Waals surface area contributed by atoms with Crippen molar-refractivity contribution in [1.29, 1.82) is 0 Å². The summed E-state index contributed by atoms with van der Waals surface area (Å²) in [5.41, 5.74) is -0.254. The summed E-state index contributed by atoms with van der Waals surface area (Å²) < 4.78 is 119. The number of ketones is 1. The maximum atomic E-state index is 15.5. The van der Waals surface area contributed by atoms with Crippen LogP contribution >= 0.6 is 11.6 Å². The zero-order chi connectivity index (χ0) is 42.3. The van der Waals surface area contributed by atoms with Crippen molar-refractivity contribution in [3.8, 4) is 23.0 Å². The molecule has 0 bridgehead atoms. The zero-order valence-corrected chi connectivity index (χ0v) is 33.1. The van der Waals surface area contributed by atoms with Crippen LogP contribution < -0.4 is 0 Å². The first-order chi connectivity index (χ1) is 27.7. The second-order valence-electron chi connectivity index (χ2n) is 15.3. The number of benzene rings is 2. The molecule has 2 aromatic carbocycles. The zero-order valence-electron chi connectivity index (χ0n) is 31.5. The fourth-order valence-electron chi connectivity index (χ4n) is 8.13. The predicted molar refractivity (Wildman–Crippen MR) is 207 cm³/mol. The smallest absolute Gasteiger partial charge is 0.339 e. The summed E-state index contributed by atoms with van der Waals surface area (Å²) in [6.45, 7) is -0.937. The van der Waals surface area contributed by atoms with E-state index in [1.165, 1.54) is 6.26 Å². The van der Waals surface area contributed by atoms with Crippen molar-refractivity contribution in [2.75, 3.05) is 6.26 Å². The van der Waals surface area contributed by atoms with E-state index in [2.05, 4.69) is 32.9 Å². The SMILES string of the molecule is C=S(C)(=O)Cc1nn(C)c2c(-c3ccc(C#Cc4cn(C)cn4)nc3[C@@H](CC(=O)Cn3nc(C(F)(F)F)c4c3C(F)(F)[C@@H]3C[C@H]43)Cc3cc(F)cc(F)c3)ccc(Cl)c12. The molecule has 8 rings (SSSR count). The lowest BCUT2D eigenvalue weighted by molar-refractivity contribution is -0.142. The van der Waals surface area contributed by atoms with Crippen LogP contribution in [-0.2, 0) is 59.2 Å². The van der Waals surface area contributed by atoms with Crippen LogP contribution in [0.2, 0.25) is 5.02 Å². The van der Waals surface area contributed by atoms with E-state index >= 15 is 8.78 Å². The molecule has 4 heterocycles. The van der Waals surface area contributed by atoms with Crippen molar-refractivity contribution >= 4 is 43.7 Å². The van der Waals surface area contributed by atoms with Crippen molar-refractivity contribution in [1.82, 2.24) is 34.1 Å². The van der Waals surface area contributed by atoms with E-state index in [9.17, 15) is 31.0 Å². The number of nitrogens with zero attached hydrogens (tertiary/aromatic N) is 7. The molecule has 9 nitrogen and oxygen atoms in total. The third-order valence-corrected chi connectivity index (χ3v) is 11.7. The van der Waals surface area contributed by atoms with Gasteiger partial charge in [0.2, 0.25) is 0 Å². The van der Waals surface area contributed by atoms with E-state index in [1.54, 1.807) is 60.1 Å². The largest absolute Gasteiger partial charge is 0.435 e. The second kappa shape index (κ2) is 14.4. The predicted octanol–water partition coefficient (Wildman–Crippen LogP) is 7.96. The number of aryl methyl sites for hydroxylation is 2. The summed E-state index contributed by atoms with van der Waals surface area (Å²) in [7, 11) is 0.827. The van der Waals surface area contributed by atoms with Crippen molar-refractivity contribution in [3.63, 3.8) is 0 Å². The van der Waals surface area contributed by atoms with E-state index in [4.69, 9.17) is 16.6 Å². The van der Waals surface area contributed by atoms with Crippen molar-refractivity contribution in [3.05, 3.63) is 117 Å². The number of carbonyl (C=O) groups excluding carboxylic acids is 1. The van der Waals surface area contributed by atoms with Crippen molar-refractivity contribution < 1.29 is 39.7 Å². The molecule has 1 saturated carbocycles. The molecule has 18 heteroatoms. The van der Waals surface area contributed by atoms with Crippen LogP contribution in [0.4, 0.5) is 30.7 Å². The fourth-order valence-corrected chi connectivity index (χ4v) is 9.17. The Kier molecular flexibility index (Phi) is 9.82. The maximum Gasteiger partial charge on any atom is 0.435 e. The summed E-state index contributed by atoms with van der Waals surface area (Å²) in [5.74, 6) is -0.00339. The molecule has 306 valence electrons. The molecule has 59 heavy (non-hydrogen) atoms. The monoisotopic (exact) mass is 855 g/mol. The Morgan fingerprint density at radius 1 is 1.05 bits per heavy atom. The quantitative estimate of drug-likeness (QED) is 0.0788. The van der Waals surface area contributed by atoms with Gasteiger partial charge in [0.1, 0.15) is 35.3 Å². The summed E-state index contributed by atoms with van der Waals surface area (Å²) >= 11 is 6.72. The number of fused-ring (bicyclic) bond motifs is 4. The van der Waals surface area contributed by atoms with Crippen molar-refractivity contribution in [2.45, 2.75) is 55.5 Å². The first-order valence-corrected chi connectivity index (χ1v) is 20.8. The molecule has 0 spiro atoms. The van der Waals surface area contributed by atoms with Gasteiger partial charge in [0.25, 0.3) is 5.92 Å². The molecule has 1 fully saturated rings. The standard InChI is InChI=1S/C41H33ClF7N7O2S/c1-54-17-26(50-20-54)6-5-25-7-8-28(29-9-10-32(42)35-33(19-59(3,4)58)52-55(2)37(29)35)36(51-25)22(11-21-12-23(43)15-24(44)13-21)14-27(57)18-56-39-34(38(53-56)41(47,48)49)30-16-31(30)40(39,45)46/h7-10,12-13,15,17,20,22,30-31H,3,11,14,16,18-19H2,1-2,4H3/t22-,30+,31-,59?/m1/s1. The van der Waals surface area contributed by atoms with Gasteiger partial charge in [-0.1, -0.05) is 17.7 Å². The van der Waals surface area contributed by atoms with Gasteiger partial charge in [-0.05, 0) is 81.9 Å². The Hall–Kier alpha value is -5.47. The molecule has 2 aliphatic carbocycles. The number of pyridine rings is 1. The molecule has 6 aromatic rings. The lowest BCUT2D eigenvalue weighted by atomic mass is 9.86. The average molecular weight is 856 g/mol. The van der Waals surface area contributed by atoms with Crippen LogP contribution in [-0.4, -0.2) is 56.2 Å². The van der Waals surface area contributed by atoms with Gasteiger partial charge < -0.3 is 4.57 Å². The number of imidazole rings is 1. The van der Waals surface area contributed by atoms with Gasteiger partial charge in [-0.15, -0.1) is 0 Å². The van der Waals surface area contributed by atoms with Crippen LogP contribution in [0, 0.1) is 29.4 Å². The number of aromatic nitrogens is 7. The molecule has 0 amide bonds. The molecule has 4 atom stereocenters. The summed E-state index contributed by atoms with van der Waals surface area (Å²) in [6, 6.07) is 9.40. The third kappa shape index (κ3) is 7.75. The Morgan fingerprint density at radius 2 is 1.75 bits per heavy atom. The van der Waals surface area contributed by atoms with Gasteiger partial charge in [0.05, 0.1) is 34.0 Å². The highest BCUT2D eigenvalue weighted by Crippen LogP contribution is 2.68. The number of alkyl halides is 5. The molecule has 4 aromatic heterocycles. The highest BCUT2D eigenvalue weighted by atomic mass is 35.5. The van der Waals surface area contributed by atoms with Crippen LogP contribution in [0.1, 0.15) is 70.0 Å². The Morgan fingerprint density at radius 3 is 2.41 bits per heavy atom. The number of rotatable bonds is 10. The van der Waals surface area contributed by atoms with Gasteiger partial charge in [0, 0.05) is 72.9 Å². The number of carbonyl (C=O) groups is 1. The van der Waals surface area contributed by atoms with Crippen LogP contribution in [0.25, 0.3) is 22.0 Å². The van der Waals surface area contributed by atoms with Gasteiger partial charge in [-0.3, -0.25) is 18.4 Å². The fraction of sp³-hybridized carbons (Fsp3) is 0.317. The van der Waals surface area contributed by atoms with Crippen LogP contribution in [0.15, 0.2) is 55.0 Å². The Bertz CT molecular complexity index is 2870. The highest BCUT2D eigenvalue weighted by molar-refractivity contribution is 7.98. The molecule has 0 saturated heterocycles. The van der Waals surface area contributed by atoms with E-state index < -0.39 is 86.7 Å². The summed E-state index contributed by atoms with van der Waals surface area (Å²) in [5, 5.41) is 8.89. The van der Waals surface area contributed by atoms with Crippen LogP contribution in [0.5, 0.6) is 0 Å². The van der Waals surface area contributed by atoms with Crippen molar-refractivity contribution in [2.24, 2.45) is 20.0 Å². The third-order valence-electron chi connectivity index (χ3n) is 10.5. The normalized spacial score (nSPS) is 18.2. The first kappa shape index (κ1) is 40.3. The topological polar surface area (TPSA) is 100 Å². The van der Waals surface area contributed by atoms with E-state index in [0.29, 0.717) is 49.2 Å². The number of Topliss-reactive ketones (excluding diaryl/α,β-unsaturated/α-hetero) is 1. The minimum atomic E-state index is -5.04. The minimum Gasteiger partial charge on any atom is -0.339 e. The van der Waals surface area contributed by atoms with Crippen LogP contribution in [0.3, 0.4) is 0 Å². The number of hydrogen-bond donors (Lipinski definition) is 0. The molecule has 0 N–H and O–H groups in total. The van der Waals surface area contributed by atoms with E-state index in [1.807, 2.05) is 0 Å². The molecule has 0 aliphatic heterocycles. The minimum absolute atomic E-state index is 0.00332. The molecular formula is C41H33ClF7N7O2S. The van der Waals surface area contributed by atoms with E-state index in [-0.39, 0.29) is 35.5 Å². The summed E-state index contributed by atoms with van der Waals surface area (Å²) in [4.78, 5) is 23.2. The van der Waals surface area contributed by atoms with Gasteiger partial charge in [-0.2, -0.15) is 32.1 Å². The first-order valence-electron chi connectivity index (χ1n) is 18.2. The van der Waals surface area contributed by atoms with E-state index in [0.717, 1.165) is 12.1 Å². The average Bonchev–Trinajstić information content (AvgIpc) is 3.37. The number of hydrogen-bond acceptors (Lipinski definition) is 6. The van der Waals surface area contributed by atoms with Gasteiger partial charge >= 0.3 is 6.18 Å². The lowest BCUT2D eigenvalue weighted by Crippen LogP contribution is -2.24. The van der Waals surface area contributed by atoms with Gasteiger partial charge in [0.15, 0.2) is 11.5 Å². The Balaban J connectivity index is 1.28.